The molecular formula is C83H92N2O56S6. The number of nitriles is 1. The molecule has 18 aliphatic rings. The molecule has 18 heterocycles. The standard InChI is InChI=1S/C17H20O12S.C14H16O10S.2C13H13NO8S.C13H14O10S.C13H16O8S/c1-2-12(20)26-8-13(21)27-14-15-17(4-6-25-10-19)11(28-30(15,22)23)7-16(14,29-17)3-5-24-9-18;1-6(2)12(16)21-5-9(15)23-10-7-4-8-11(22-7)14(10,13(17)20-3)25(18,19)24-8;1-6(2)12(16)19-4-9(15)21-10-7-3-8-11(20-7)13(10,5-14)23(17,18)22-8;1-5(2)13(16)19-4-6(15)20-10-8-7(14-3)9-11(21-8)12(10)23(17,18)22-9;1-2-7(15)20-4-8(16)21-11-9-6(3-19-5-14)10-12(22-9)13(11)24(17,18)23-10;1-6(2)12(15)18-5-8(14)20-9-7-4-13(3)11(19-7)10(9)22(16,17)21-13/h2,9-11,14-15H,1,3-8H2;7-8,10-11H,1,4-5H2,2-3H3;7-8,10-11H,1,3-4H2,2H3;7-12H,1,4H2,2H3;2,5-6,9-13H,1,3-4H2;7,9-11H,1,4-5H2,2-3H3. The Morgan fingerprint density at radius 2 is 0.878 bits per heavy atom. The molecule has 0 aliphatic carbocycles. The molecule has 58 nitrogen and oxygen atoms in total. The molecule has 18 aliphatic heterocycles. The van der Waals surface area contributed by atoms with Crippen LogP contribution < -0.4 is 0 Å². The van der Waals surface area contributed by atoms with Crippen molar-refractivity contribution in [3.63, 3.8) is 0 Å². The molecule has 0 saturated carbocycles. The summed E-state index contributed by atoms with van der Waals surface area (Å²) in [6.07, 6.45) is -17.1. The molecule has 18 saturated heterocycles. The molecule has 806 valence electrons. The minimum Gasteiger partial charge on any atom is -0.468 e. The van der Waals surface area contributed by atoms with Gasteiger partial charge in [0.15, 0.2) is 103 Å². The van der Waals surface area contributed by atoms with Gasteiger partial charge in [0.1, 0.15) is 96.2 Å². The number of nitrogens with zero attached hydrogens (tertiary/aromatic N) is 2. The van der Waals surface area contributed by atoms with E-state index in [9.17, 15) is 132 Å². The lowest BCUT2D eigenvalue weighted by Gasteiger charge is -2.33. The predicted octanol–water partition coefficient (Wildman–Crippen LogP) is -6.07. The predicted molar refractivity (Wildman–Crippen MR) is 458 cm³/mol. The minimum absolute atomic E-state index is 0.0178. The summed E-state index contributed by atoms with van der Waals surface area (Å²) in [5.74, 6) is -12.1. The summed E-state index contributed by atoms with van der Waals surface area (Å²) >= 11 is 0. The number of fused-ring (bicyclic) bond motifs is 6. The summed E-state index contributed by atoms with van der Waals surface area (Å²) in [7, 11) is -23.7. The lowest BCUT2D eigenvalue weighted by atomic mass is 9.75. The van der Waals surface area contributed by atoms with Crippen molar-refractivity contribution >= 4 is 158 Å². The third-order valence-electron chi connectivity index (χ3n) is 26.1. The van der Waals surface area contributed by atoms with Gasteiger partial charge in [-0.05, 0) is 34.6 Å². The van der Waals surface area contributed by atoms with E-state index in [1.807, 2.05) is 0 Å². The molecule has 0 aromatic heterocycles. The van der Waals surface area contributed by atoms with Gasteiger partial charge in [-0.25, -0.2) is 68.9 Å². The van der Waals surface area contributed by atoms with Crippen LogP contribution in [-0.2, 0) is 267 Å². The number of hydrogen-bond acceptors (Lipinski definition) is 57. The molecular weight excluding hydrogens is 2110 g/mol. The molecule has 147 heavy (non-hydrogen) atoms. The number of rotatable bonds is 36. The first-order valence-corrected chi connectivity index (χ1v) is 52.2. The van der Waals surface area contributed by atoms with Crippen LogP contribution in [0.15, 0.2) is 73.9 Å². The van der Waals surface area contributed by atoms with Crippen molar-refractivity contribution in [1.29, 1.82) is 5.26 Å². The zero-order chi connectivity index (χ0) is 108. The second kappa shape index (κ2) is 42.7. The summed E-state index contributed by atoms with van der Waals surface area (Å²) in [6.45, 7) is 30.4. The van der Waals surface area contributed by atoms with Crippen LogP contribution in [0.2, 0.25) is 0 Å². The van der Waals surface area contributed by atoms with Crippen LogP contribution in [0.1, 0.15) is 73.1 Å². The Balaban J connectivity index is 0.000000148. The summed E-state index contributed by atoms with van der Waals surface area (Å²) in [6, 6.07) is 0.835. The summed E-state index contributed by atoms with van der Waals surface area (Å²) < 4.78 is 284. The van der Waals surface area contributed by atoms with E-state index in [1.54, 1.807) is 13.0 Å². The minimum atomic E-state index is -4.44. The maximum absolute atomic E-state index is 12.7. The van der Waals surface area contributed by atoms with Crippen LogP contribution in [0.25, 0.3) is 4.85 Å². The number of esters is 13. The average molecular weight is 2210 g/mol. The van der Waals surface area contributed by atoms with Crippen LogP contribution in [0.4, 0.5) is 0 Å². The van der Waals surface area contributed by atoms with Gasteiger partial charge in [-0.2, -0.15) is 55.8 Å². The first kappa shape index (κ1) is 112. The molecule has 32 atom stereocenters. The molecule has 0 N–H and O–H groups in total. The van der Waals surface area contributed by atoms with E-state index in [4.69, 9.17) is 98.0 Å². The first-order chi connectivity index (χ1) is 68.9. The summed E-state index contributed by atoms with van der Waals surface area (Å²) in [4.78, 5) is 185. The molecule has 64 heteroatoms. The second-order valence-electron chi connectivity index (χ2n) is 35.5. The van der Waals surface area contributed by atoms with Gasteiger partial charge in [0.05, 0.1) is 45.0 Å². The van der Waals surface area contributed by atoms with Gasteiger partial charge in [-0.15, -0.1) is 0 Å². The van der Waals surface area contributed by atoms with Crippen molar-refractivity contribution in [1.82, 2.24) is 0 Å². The largest absolute Gasteiger partial charge is 0.468 e. The number of hydrogen-bond donors (Lipinski definition) is 0. The van der Waals surface area contributed by atoms with E-state index in [-0.39, 0.29) is 93.6 Å². The molecule has 0 aromatic rings. The van der Waals surface area contributed by atoms with Crippen molar-refractivity contribution in [3.05, 3.63) is 85.3 Å². The molecule has 18 rings (SSSR count). The summed E-state index contributed by atoms with van der Waals surface area (Å²) in [5.41, 5.74) is -3.17. The Morgan fingerprint density at radius 3 is 1.37 bits per heavy atom. The van der Waals surface area contributed by atoms with Crippen LogP contribution in [0.3, 0.4) is 0 Å². The van der Waals surface area contributed by atoms with Gasteiger partial charge < -0.3 is 109 Å². The van der Waals surface area contributed by atoms with Crippen molar-refractivity contribution < 1.29 is 257 Å². The smallest absolute Gasteiger partial charge is 0.344 e. The van der Waals surface area contributed by atoms with Gasteiger partial charge in [0.2, 0.25) is 0 Å². The molecule has 0 amide bonds. The van der Waals surface area contributed by atoms with Gasteiger partial charge in [-0.3, -0.25) is 39.5 Å². The molecule has 0 aromatic carbocycles. The molecule has 12 bridgehead atoms. The fraction of sp³-hybridized carbons (Fsp3) is 0.639. The third kappa shape index (κ3) is 20.7. The van der Waals surface area contributed by atoms with Crippen LogP contribution in [0, 0.1) is 23.8 Å². The summed E-state index contributed by atoms with van der Waals surface area (Å²) in [5, 5.41) is 4.66. The maximum Gasteiger partial charge on any atom is 0.344 e. The number of ether oxygens (including phenoxy) is 22. The SMILES string of the molecule is C=C(C)C(=O)OCC(=O)OC1C2CC3(C)OS(=O)(=O)C1C3O2.C=C(C)C(=O)OCC(=O)OC1C2CC3OS(=O)(=O)C1(C#N)C3O2.C=C(C)C(=O)OCC(=O)OC1C2CC3OS(=O)(=O)C1(C(=O)OC)C3O2.C=CC(=O)OCC(=O)OC1C2C3(CCOC=O)OC1(CCOC=O)CC3OS2(=O)=O.C=CC(=O)OCC(=O)OC1C2OC3C(OS(=O)(=O)C13)C2COC=O.[C-]#[N+]C1C2OC3C1OS(=O)(=O)C3C2OC(=O)COC(=O)C(=C)C. The normalized spacial score (nSPS) is 37.7. The van der Waals surface area contributed by atoms with Gasteiger partial charge in [0, 0.05) is 73.0 Å². The highest BCUT2D eigenvalue weighted by Crippen LogP contribution is 2.64. The highest BCUT2D eigenvalue weighted by Gasteiger charge is 2.85. The topological polar surface area (TPSA) is 765 Å². The van der Waals surface area contributed by atoms with Gasteiger partial charge in [-0.1, -0.05) is 39.5 Å². The molecule has 18 fully saturated rings. The first-order valence-electron chi connectivity index (χ1n) is 43.5. The molecule has 0 spiro atoms. The second-order valence-corrected chi connectivity index (χ2v) is 45.8. The van der Waals surface area contributed by atoms with Crippen LogP contribution >= 0.6 is 0 Å². The monoisotopic (exact) mass is 2200 g/mol. The zero-order valence-electron chi connectivity index (χ0n) is 77.5. The zero-order valence-corrected chi connectivity index (χ0v) is 82.4. The average Bonchev–Trinajstić information content (AvgIpc) is 1.49. The fourth-order valence-corrected chi connectivity index (χ4v) is 31.6. The maximum atomic E-state index is 12.7. The Morgan fingerprint density at radius 1 is 0.449 bits per heavy atom. The van der Waals surface area contributed by atoms with E-state index in [2.05, 4.69) is 82.2 Å². The van der Waals surface area contributed by atoms with E-state index >= 15 is 0 Å². The lowest BCUT2D eigenvalue weighted by molar-refractivity contribution is -0.169. The van der Waals surface area contributed by atoms with Crippen molar-refractivity contribution in [2.45, 2.75) is 255 Å². The van der Waals surface area contributed by atoms with E-state index < -0.39 is 365 Å². The van der Waals surface area contributed by atoms with E-state index in [1.165, 1.54) is 27.7 Å². The van der Waals surface area contributed by atoms with E-state index in [0.717, 1.165) is 19.3 Å². The Bertz CT molecular complexity index is 6310. The number of carbonyl (C=O) groups is 16. The van der Waals surface area contributed by atoms with Crippen LogP contribution in [0.5, 0.6) is 0 Å². The molecule has 32 unspecified atom stereocenters. The third-order valence-corrected chi connectivity index (χ3v) is 36.9. The van der Waals surface area contributed by atoms with Crippen molar-refractivity contribution in [2.24, 2.45) is 5.92 Å². The van der Waals surface area contributed by atoms with Crippen molar-refractivity contribution in [2.75, 3.05) is 66.6 Å². The quantitative estimate of drug-likeness (QED) is 0.0107. The highest BCUT2D eigenvalue weighted by molar-refractivity contribution is 7.90. The highest BCUT2D eigenvalue weighted by atomic mass is 32.2. The Kier molecular flexibility index (Phi) is 32.6. The van der Waals surface area contributed by atoms with Gasteiger partial charge >= 0.3 is 77.6 Å². The van der Waals surface area contributed by atoms with Crippen molar-refractivity contribution in [3.8, 4) is 6.07 Å². The van der Waals surface area contributed by atoms with Gasteiger partial charge in [0.25, 0.3) is 95.7 Å². The fourth-order valence-electron chi connectivity index (χ4n) is 20.3. The van der Waals surface area contributed by atoms with Crippen LogP contribution in [-0.4, -0.2) is 396 Å². The number of carbonyl (C=O) groups excluding carboxylic acids is 16. The lowest BCUT2D eigenvalue weighted by Crippen LogP contribution is -2.61. The Labute approximate surface area is 833 Å². The Hall–Kier alpha value is -11.8. The molecule has 0 radical (unpaired) electrons. The van der Waals surface area contributed by atoms with E-state index in [0.29, 0.717) is 6.42 Å². The number of methoxy groups -OCH3 is 1.